The Morgan fingerprint density at radius 1 is 1.29 bits per heavy atom. The summed E-state index contributed by atoms with van der Waals surface area (Å²) in [5.41, 5.74) is 1.05. The number of anilines is 1. The predicted octanol–water partition coefficient (Wildman–Crippen LogP) is 4.39. The van der Waals surface area contributed by atoms with Gasteiger partial charge in [0, 0.05) is 30.8 Å². The Morgan fingerprint density at radius 3 is 2.75 bits per heavy atom. The Labute approximate surface area is 166 Å². The third kappa shape index (κ3) is 3.74. The molecule has 6 nitrogen and oxygen atoms in total. The van der Waals surface area contributed by atoms with Crippen LogP contribution in [-0.2, 0) is 0 Å². The average molecular weight is 386 g/mol. The summed E-state index contributed by atoms with van der Waals surface area (Å²) in [6, 6.07) is 5.07. The molecule has 0 aromatic heterocycles. The van der Waals surface area contributed by atoms with Gasteiger partial charge in [0.25, 0.3) is 11.6 Å². The summed E-state index contributed by atoms with van der Waals surface area (Å²) < 4.78 is 0. The molecular formula is C22H31N3O3. The first-order valence-corrected chi connectivity index (χ1v) is 10.8. The number of amides is 1. The van der Waals surface area contributed by atoms with Crippen molar-refractivity contribution in [2.24, 2.45) is 23.7 Å². The molecule has 28 heavy (non-hydrogen) atoms. The largest absolute Gasteiger partial charge is 0.366 e. The zero-order valence-electron chi connectivity index (χ0n) is 16.9. The monoisotopic (exact) mass is 385 g/mol. The number of benzene rings is 1. The lowest BCUT2D eigenvalue weighted by atomic mass is 9.84. The highest BCUT2D eigenvalue weighted by molar-refractivity contribution is 5.96. The molecule has 6 heteroatoms. The molecule has 1 aliphatic heterocycles. The van der Waals surface area contributed by atoms with Crippen LogP contribution >= 0.6 is 0 Å². The Morgan fingerprint density at radius 2 is 2.11 bits per heavy atom. The van der Waals surface area contributed by atoms with Gasteiger partial charge in [-0.05, 0) is 74.8 Å². The molecular weight excluding hydrogens is 354 g/mol. The van der Waals surface area contributed by atoms with E-state index >= 15 is 0 Å². The van der Waals surface area contributed by atoms with Crippen molar-refractivity contribution in [2.75, 3.05) is 18.0 Å². The Balaban J connectivity index is 1.49. The third-order valence-corrected chi connectivity index (χ3v) is 7.23. The van der Waals surface area contributed by atoms with Gasteiger partial charge in [-0.1, -0.05) is 13.3 Å². The molecule has 1 N–H and O–H groups in total. The van der Waals surface area contributed by atoms with Gasteiger partial charge in [-0.25, -0.2) is 0 Å². The first kappa shape index (κ1) is 19.2. The predicted molar refractivity (Wildman–Crippen MR) is 110 cm³/mol. The van der Waals surface area contributed by atoms with E-state index in [1.807, 2.05) is 0 Å². The van der Waals surface area contributed by atoms with Gasteiger partial charge >= 0.3 is 0 Å². The minimum absolute atomic E-state index is 0.0364. The van der Waals surface area contributed by atoms with Crippen LogP contribution < -0.4 is 10.2 Å². The molecule has 1 heterocycles. The van der Waals surface area contributed by atoms with Gasteiger partial charge in [0.2, 0.25) is 0 Å². The summed E-state index contributed by atoms with van der Waals surface area (Å²) in [7, 11) is 0. The maximum atomic E-state index is 12.8. The van der Waals surface area contributed by atoms with Crippen molar-refractivity contribution in [1.82, 2.24) is 5.32 Å². The number of hydrogen-bond donors (Lipinski definition) is 1. The highest BCUT2D eigenvalue weighted by Gasteiger charge is 2.42. The third-order valence-electron chi connectivity index (χ3n) is 7.23. The lowest BCUT2D eigenvalue weighted by molar-refractivity contribution is -0.384. The van der Waals surface area contributed by atoms with E-state index in [0.29, 0.717) is 23.1 Å². The van der Waals surface area contributed by atoms with Gasteiger partial charge in [0.05, 0.1) is 4.92 Å². The number of fused-ring (bicyclic) bond motifs is 2. The fraction of sp³-hybridized carbons (Fsp3) is 0.682. The van der Waals surface area contributed by atoms with Crippen LogP contribution in [-0.4, -0.2) is 30.0 Å². The minimum atomic E-state index is -0.356. The normalized spacial score (nSPS) is 30.3. The molecule has 1 saturated heterocycles. The van der Waals surface area contributed by atoms with Gasteiger partial charge in [-0.15, -0.1) is 0 Å². The molecule has 2 bridgehead atoms. The lowest BCUT2D eigenvalue weighted by Crippen LogP contribution is -2.40. The molecule has 1 aromatic carbocycles. The van der Waals surface area contributed by atoms with E-state index in [2.05, 4.69) is 24.1 Å². The number of nitrogens with zero attached hydrogens (tertiary/aromatic N) is 2. The second-order valence-corrected chi connectivity index (χ2v) is 9.25. The van der Waals surface area contributed by atoms with Crippen LogP contribution in [0, 0.1) is 33.8 Å². The quantitative estimate of drug-likeness (QED) is 0.603. The number of nitrogens with one attached hydrogen (secondary N) is 1. The van der Waals surface area contributed by atoms with Crippen LogP contribution in [0.5, 0.6) is 0 Å². The molecule has 0 spiro atoms. The van der Waals surface area contributed by atoms with E-state index in [1.54, 1.807) is 12.1 Å². The molecule has 3 aliphatic rings. The summed E-state index contributed by atoms with van der Waals surface area (Å²) in [6.45, 7) is 5.92. The molecule has 5 unspecified atom stereocenters. The van der Waals surface area contributed by atoms with Gasteiger partial charge in [-0.3, -0.25) is 14.9 Å². The van der Waals surface area contributed by atoms with E-state index in [1.165, 1.54) is 31.7 Å². The van der Waals surface area contributed by atoms with Crippen LogP contribution in [0.25, 0.3) is 0 Å². The molecule has 1 amide bonds. The molecule has 152 valence electrons. The Kier molecular flexibility index (Phi) is 5.30. The smallest absolute Gasteiger partial charge is 0.293 e. The zero-order chi connectivity index (χ0) is 19.8. The molecule has 4 rings (SSSR count). The number of nitro benzene ring substituents is 1. The number of hydrogen-bond acceptors (Lipinski definition) is 4. The molecule has 2 aliphatic carbocycles. The number of carbonyl (C=O) groups excluding carboxylic acids is 1. The first-order chi connectivity index (χ1) is 13.4. The Bertz CT molecular complexity index is 765. The van der Waals surface area contributed by atoms with Crippen molar-refractivity contribution in [3.05, 3.63) is 33.9 Å². The van der Waals surface area contributed by atoms with E-state index in [4.69, 9.17) is 0 Å². The van der Waals surface area contributed by atoms with Crippen molar-refractivity contribution in [2.45, 2.75) is 58.4 Å². The first-order valence-electron chi connectivity index (χ1n) is 10.8. The summed E-state index contributed by atoms with van der Waals surface area (Å²) in [6.07, 6.45) is 7.33. The second-order valence-electron chi connectivity index (χ2n) is 9.25. The number of nitro groups is 1. The van der Waals surface area contributed by atoms with E-state index in [0.717, 1.165) is 37.8 Å². The summed E-state index contributed by atoms with van der Waals surface area (Å²) >= 11 is 0. The second kappa shape index (κ2) is 7.72. The van der Waals surface area contributed by atoms with Crippen molar-refractivity contribution in [1.29, 1.82) is 0 Å². The average Bonchev–Trinajstić information content (AvgIpc) is 3.31. The zero-order valence-corrected chi connectivity index (χ0v) is 16.9. The van der Waals surface area contributed by atoms with Crippen LogP contribution in [0.3, 0.4) is 0 Å². The topological polar surface area (TPSA) is 75.5 Å². The van der Waals surface area contributed by atoms with Gasteiger partial charge < -0.3 is 10.2 Å². The van der Waals surface area contributed by atoms with Crippen LogP contribution in [0.4, 0.5) is 11.4 Å². The van der Waals surface area contributed by atoms with Gasteiger partial charge in [0.15, 0.2) is 0 Å². The van der Waals surface area contributed by atoms with E-state index in [9.17, 15) is 14.9 Å². The number of carbonyl (C=O) groups is 1. The summed E-state index contributed by atoms with van der Waals surface area (Å²) in [5.74, 6) is 2.45. The van der Waals surface area contributed by atoms with Gasteiger partial charge in [0.1, 0.15) is 5.69 Å². The summed E-state index contributed by atoms with van der Waals surface area (Å²) in [5, 5.41) is 14.8. The van der Waals surface area contributed by atoms with Crippen LogP contribution in [0.1, 0.15) is 62.7 Å². The highest BCUT2D eigenvalue weighted by Crippen LogP contribution is 2.49. The molecule has 2 saturated carbocycles. The standard InChI is InChI=1S/C22H31N3O3/c1-14-4-3-9-24(13-14)20-8-7-18(12-21(20)25(27)28)22(26)23-15(2)19-11-16-5-6-17(19)10-16/h7-8,12,14-17,19H,3-6,9-11,13H2,1-2H3,(H,23,26). The van der Waals surface area contributed by atoms with Crippen molar-refractivity contribution in [3.8, 4) is 0 Å². The lowest BCUT2D eigenvalue weighted by Gasteiger charge is -2.32. The fourth-order valence-electron chi connectivity index (χ4n) is 5.79. The van der Waals surface area contributed by atoms with E-state index < -0.39 is 0 Å². The maximum absolute atomic E-state index is 12.8. The van der Waals surface area contributed by atoms with Crippen molar-refractivity contribution in [3.63, 3.8) is 0 Å². The molecule has 0 radical (unpaired) electrons. The Hall–Kier alpha value is -2.11. The van der Waals surface area contributed by atoms with Gasteiger partial charge in [-0.2, -0.15) is 0 Å². The highest BCUT2D eigenvalue weighted by atomic mass is 16.6. The summed E-state index contributed by atoms with van der Waals surface area (Å²) in [4.78, 5) is 26.2. The van der Waals surface area contributed by atoms with Crippen LogP contribution in [0.15, 0.2) is 18.2 Å². The van der Waals surface area contributed by atoms with E-state index in [-0.39, 0.29) is 22.6 Å². The van der Waals surface area contributed by atoms with Crippen molar-refractivity contribution >= 4 is 17.3 Å². The molecule has 5 atom stereocenters. The van der Waals surface area contributed by atoms with Crippen LogP contribution in [0.2, 0.25) is 0 Å². The van der Waals surface area contributed by atoms with Crippen molar-refractivity contribution < 1.29 is 9.72 Å². The SMILES string of the molecule is CC1CCCN(c2ccc(C(=O)NC(C)C3CC4CCC3C4)cc2[N+](=O)[O-])C1. The fourth-order valence-corrected chi connectivity index (χ4v) is 5.79. The molecule has 1 aromatic rings. The number of rotatable bonds is 5. The minimum Gasteiger partial charge on any atom is -0.366 e. The number of piperidine rings is 1. The maximum Gasteiger partial charge on any atom is 0.293 e. The molecule has 3 fully saturated rings.